The summed E-state index contributed by atoms with van der Waals surface area (Å²) in [7, 11) is 0. The third kappa shape index (κ3) is 3.77. The van der Waals surface area contributed by atoms with Crippen molar-refractivity contribution >= 4 is 5.97 Å². The molecular formula is C14H14N2O3. The van der Waals surface area contributed by atoms with Crippen molar-refractivity contribution in [3.63, 3.8) is 0 Å². The normalized spacial score (nSPS) is 10.2. The van der Waals surface area contributed by atoms with E-state index in [1.165, 1.54) is 0 Å². The van der Waals surface area contributed by atoms with Crippen molar-refractivity contribution in [3.05, 3.63) is 47.4 Å². The van der Waals surface area contributed by atoms with Gasteiger partial charge in [-0.1, -0.05) is 17.7 Å². The number of nitrogens with zero attached hydrogens (tertiary/aromatic N) is 2. The Balaban J connectivity index is 2.22. The van der Waals surface area contributed by atoms with Crippen molar-refractivity contribution in [2.45, 2.75) is 20.3 Å². The van der Waals surface area contributed by atoms with Crippen LogP contribution >= 0.6 is 0 Å². The third-order valence-corrected chi connectivity index (χ3v) is 2.44. The molecule has 0 aliphatic rings. The highest BCUT2D eigenvalue weighted by Crippen LogP contribution is 2.20. The molecule has 5 heteroatoms. The van der Waals surface area contributed by atoms with Gasteiger partial charge in [-0.25, -0.2) is 4.98 Å². The second-order valence-corrected chi connectivity index (χ2v) is 4.23. The predicted molar refractivity (Wildman–Crippen MR) is 69.4 cm³/mol. The third-order valence-electron chi connectivity index (χ3n) is 2.44. The number of benzene rings is 1. The fourth-order valence-corrected chi connectivity index (χ4v) is 1.62. The lowest BCUT2D eigenvalue weighted by Gasteiger charge is -2.07. The summed E-state index contributed by atoms with van der Waals surface area (Å²) in [6.45, 7) is 3.69. The van der Waals surface area contributed by atoms with E-state index in [0.717, 1.165) is 5.56 Å². The summed E-state index contributed by atoms with van der Waals surface area (Å²) in [6.07, 6.45) is -0.145. The summed E-state index contributed by atoms with van der Waals surface area (Å²) in [6, 6.07) is 9.08. The topological polar surface area (TPSA) is 72.3 Å². The maximum absolute atomic E-state index is 10.7. The summed E-state index contributed by atoms with van der Waals surface area (Å²) in [5, 5.41) is 8.77. The number of carboxylic acid groups (broad SMARTS) is 1. The molecule has 5 nitrogen and oxygen atoms in total. The molecule has 0 bridgehead atoms. The smallest absolute Gasteiger partial charge is 0.309 e. The molecule has 0 amide bonds. The Morgan fingerprint density at radius 3 is 2.53 bits per heavy atom. The fraction of sp³-hybridized carbons (Fsp3) is 0.214. The standard InChI is InChI=1S/C14H14N2O3/c1-9-3-5-12(6-4-9)19-13-7-11(8-14(17)18)15-10(2)16-13/h3-7H,8H2,1-2H3,(H,17,18). The van der Waals surface area contributed by atoms with Gasteiger partial charge < -0.3 is 9.84 Å². The van der Waals surface area contributed by atoms with Gasteiger partial charge in [0.15, 0.2) is 0 Å². The van der Waals surface area contributed by atoms with Gasteiger partial charge in [0, 0.05) is 6.07 Å². The van der Waals surface area contributed by atoms with Gasteiger partial charge in [0.05, 0.1) is 12.1 Å². The Bertz CT molecular complexity index is 594. The molecular weight excluding hydrogens is 244 g/mol. The molecule has 0 aliphatic heterocycles. The summed E-state index contributed by atoms with van der Waals surface area (Å²) in [5.41, 5.74) is 1.57. The minimum atomic E-state index is -0.931. The number of aliphatic carboxylic acids is 1. The Labute approximate surface area is 110 Å². The van der Waals surface area contributed by atoms with Crippen molar-refractivity contribution in [1.82, 2.24) is 9.97 Å². The zero-order valence-corrected chi connectivity index (χ0v) is 10.8. The van der Waals surface area contributed by atoms with E-state index in [0.29, 0.717) is 23.1 Å². The van der Waals surface area contributed by atoms with Crippen LogP contribution in [0.3, 0.4) is 0 Å². The SMILES string of the molecule is Cc1ccc(Oc2cc(CC(=O)O)nc(C)n2)cc1. The minimum Gasteiger partial charge on any atom is -0.481 e. The van der Waals surface area contributed by atoms with E-state index in [1.54, 1.807) is 13.0 Å². The van der Waals surface area contributed by atoms with Crippen LogP contribution in [0.25, 0.3) is 0 Å². The molecule has 0 atom stereocenters. The molecule has 0 spiro atoms. The molecule has 0 fully saturated rings. The molecule has 1 aromatic heterocycles. The highest BCUT2D eigenvalue weighted by Gasteiger charge is 2.07. The van der Waals surface area contributed by atoms with E-state index in [-0.39, 0.29) is 6.42 Å². The monoisotopic (exact) mass is 258 g/mol. The average molecular weight is 258 g/mol. The van der Waals surface area contributed by atoms with Gasteiger partial charge in [0.1, 0.15) is 11.6 Å². The Hall–Kier alpha value is -2.43. The number of carbonyl (C=O) groups is 1. The summed E-state index contributed by atoms with van der Waals surface area (Å²) in [5.74, 6) is 0.567. The number of hydrogen-bond acceptors (Lipinski definition) is 4. The van der Waals surface area contributed by atoms with Gasteiger partial charge in [0.25, 0.3) is 0 Å². The van der Waals surface area contributed by atoms with Gasteiger partial charge in [-0.2, -0.15) is 4.98 Å². The Morgan fingerprint density at radius 1 is 1.21 bits per heavy atom. The molecule has 0 saturated heterocycles. The molecule has 19 heavy (non-hydrogen) atoms. The highest BCUT2D eigenvalue weighted by molar-refractivity contribution is 5.69. The first-order valence-electron chi connectivity index (χ1n) is 5.84. The van der Waals surface area contributed by atoms with Crippen LogP contribution in [0.4, 0.5) is 0 Å². The zero-order valence-electron chi connectivity index (χ0n) is 10.8. The summed E-state index contributed by atoms with van der Waals surface area (Å²) >= 11 is 0. The van der Waals surface area contributed by atoms with Crippen molar-refractivity contribution in [2.24, 2.45) is 0 Å². The number of aromatic nitrogens is 2. The van der Waals surface area contributed by atoms with Crippen LogP contribution in [-0.2, 0) is 11.2 Å². The van der Waals surface area contributed by atoms with Crippen molar-refractivity contribution in [1.29, 1.82) is 0 Å². The molecule has 1 N–H and O–H groups in total. The van der Waals surface area contributed by atoms with E-state index in [1.807, 2.05) is 31.2 Å². The second-order valence-electron chi connectivity index (χ2n) is 4.23. The van der Waals surface area contributed by atoms with Crippen molar-refractivity contribution in [2.75, 3.05) is 0 Å². The molecule has 1 aromatic carbocycles. The number of carboxylic acids is 1. The van der Waals surface area contributed by atoms with E-state index < -0.39 is 5.97 Å². The predicted octanol–water partition coefficient (Wildman–Crippen LogP) is 2.51. The Kier molecular flexibility index (Phi) is 3.75. The lowest BCUT2D eigenvalue weighted by Crippen LogP contribution is -2.05. The van der Waals surface area contributed by atoms with Crippen LogP contribution in [0.15, 0.2) is 30.3 Å². The zero-order chi connectivity index (χ0) is 13.8. The van der Waals surface area contributed by atoms with Crippen LogP contribution in [0.2, 0.25) is 0 Å². The van der Waals surface area contributed by atoms with E-state index in [4.69, 9.17) is 9.84 Å². The quantitative estimate of drug-likeness (QED) is 0.912. The van der Waals surface area contributed by atoms with Gasteiger partial charge in [-0.3, -0.25) is 4.79 Å². The summed E-state index contributed by atoms with van der Waals surface area (Å²) < 4.78 is 5.59. The molecule has 0 unspecified atom stereocenters. The van der Waals surface area contributed by atoms with Crippen molar-refractivity contribution in [3.8, 4) is 11.6 Å². The molecule has 0 saturated carbocycles. The molecule has 98 valence electrons. The number of hydrogen-bond donors (Lipinski definition) is 1. The molecule has 1 heterocycles. The van der Waals surface area contributed by atoms with E-state index >= 15 is 0 Å². The first kappa shape index (κ1) is 13.0. The summed E-state index contributed by atoms with van der Waals surface area (Å²) in [4.78, 5) is 18.9. The first-order valence-corrected chi connectivity index (χ1v) is 5.84. The Morgan fingerprint density at radius 2 is 1.89 bits per heavy atom. The minimum absolute atomic E-state index is 0.145. The highest BCUT2D eigenvalue weighted by atomic mass is 16.5. The van der Waals surface area contributed by atoms with Gasteiger partial charge in [-0.05, 0) is 26.0 Å². The molecule has 0 aliphatic carbocycles. The van der Waals surface area contributed by atoms with E-state index in [2.05, 4.69) is 9.97 Å². The van der Waals surface area contributed by atoms with Crippen LogP contribution in [-0.4, -0.2) is 21.0 Å². The maximum atomic E-state index is 10.7. The van der Waals surface area contributed by atoms with Crippen LogP contribution < -0.4 is 4.74 Å². The number of ether oxygens (including phenoxy) is 1. The second kappa shape index (κ2) is 5.48. The first-order chi connectivity index (χ1) is 9.02. The van der Waals surface area contributed by atoms with E-state index in [9.17, 15) is 4.79 Å². The average Bonchev–Trinajstić information content (AvgIpc) is 2.30. The van der Waals surface area contributed by atoms with Crippen LogP contribution in [0.1, 0.15) is 17.1 Å². The largest absolute Gasteiger partial charge is 0.481 e. The van der Waals surface area contributed by atoms with Gasteiger partial charge in [0.2, 0.25) is 5.88 Å². The number of aryl methyl sites for hydroxylation is 2. The van der Waals surface area contributed by atoms with Crippen LogP contribution in [0.5, 0.6) is 11.6 Å². The van der Waals surface area contributed by atoms with Crippen molar-refractivity contribution < 1.29 is 14.6 Å². The van der Waals surface area contributed by atoms with Gasteiger partial charge in [-0.15, -0.1) is 0 Å². The number of rotatable bonds is 4. The fourth-order valence-electron chi connectivity index (χ4n) is 1.62. The molecule has 2 rings (SSSR count). The maximum Gasteiger partial charge on any atom is 0.309 e. The lowest BCUT2D eigenvalue weighted by molar-refractivity contribution is -0.136. The lowest BCUT2D eigenvalue weighted by atomic mass is 10.2. The van der Waals surface area contributed by atoms with Crippen LogP contribution in [0, 0.1) is 13.8 Å². The molecule has 0 radical (unpaired) electrons. The van der Waals surface area contributed by atoms with Gasteiger partial charge >= 0.3 is 5.97 Å². The molecule has 2 aromatic rings.